The van der Waals surface area contributed by atoms with Gasteiger partial charge in [-0.25, -0.2) is 4.79 Å². The van der Waals surface area contributed by atoms with Crippen LogP contribution in [0.1, 0.15) is 23.1 Å². The Morgan fingerprint density at radius 2 is 1.85 bits per heavy atom. The summed E-state index contributed by atoms with van der Waals surface area (Å²) >= 11 is 0. The topological polar surface area (TPSA) is 71.2 Å². The zero-order valence-corrected chi connectivity index (χ0v) is 15.6. The van der Waals surface area contributed by atoms with E-state index in [9.17, 15) is 9.59 Å². The van der Waals surface area contributed by atoms with Crippen LogP contribution in [-0.4, -0.2) is 30.0 Å². The van der Waals surface area contributed by atoms with Crippen molar-refractivity contribution in [2.45, 2.75) is 32.2 Å². The van der Waals surface area contributed by atoms with E-state index in [1.54, 1.807) is 0 Å². The van der Waals surface area contributed by atoms with Crippen LogP contribution in [0.5, 0.6) is 0 Å². The number of H-pyrrole nitrogens is 1. The molecular formula is C22H24N2O3. The van der Waals surface area contributed by atoms with Gasteiger partial charge >= 0.3 is 5.97 Å². The van der Waals surface area contributed by atoms with Gasteiger partial charge < -0.3 is 15.0 Å². The van der Waals surface area contributed by atoms with E-state index in [2.05, 4.69) is 10.3 Å². The van der Waals surface area contributed by atoms with E-state index in [0.717, 1.165) is 22.0 Å². The maximum absolute atomic E-state index is 12.4. The van der Waals surface area contributed by atoms with Crippen LogP contribution >= 0.6 is 0 Å². The minimum Gasteiger partial charge on any atom is -0.467 e. The van der Waals surface area contributed by atoms with Gasteiger partial charge in [-0.15, -0.1) is 0 Å². The minimum absolute atomic E-state index is 0.161. The summed E-state index contributed by atoms with van der Waals surface area (Å²) in [7, 11) is 1.34. The van der Waals surface area contributed by atoms with E-state index in [1.807, 2.05) is 61.7 Å². The van der Waals surface area contributed by atoms with Gasteiger partial charge in [0.1, 0.15) is 6.04 Å². The first-order valence-electron chi connectivity index (χ1n) is 9.04. The number of aryl methyl sites for hydroxylation is 2. The van der Waals surface area contributed by atoms with Gasteiger partial charge in [0.15, 0.2) is 0 Å². The second-order valence-electron chi connectivity index (χ2n) is 6.69. The lowest BCUT2D eigenvalue weighted by atomic mass is 10.0. The number of benzene rings is 2. The van der Waals surface area contributed by atoms with Crippen molar-refractivity contribution in [2.75, 3.05) is 7.11 Å². The number of aromatic nitrogens is 1. The predicted molar refractivity (Wildman–Crippen MR) is 105 cm³/mol. The van der Waals surface area contributed by atoms with Crippen molar-refractivity contribution in [1.29, 1.82) is 0 Å². The summed E-state index contributed by atoms with van der Waals surface area (Å²) in [6.45, 7) is 2.03. The molecule has 1 amide bonds. The number of rotatable bonds is 7. The lowest BCUT2D eigenvalue weighted by molar-refractivity contribution is -0.145. The molecule has 5 heteroatoms. The molecule has 1 aromatic heterocycles. The van der Waals surface area contributed by atoms with Gasteiger partial charge in [-0.05, 0) is 30.5 Å². The first-order valence-corrected chi connectivity index (χ1v) is 9.04. The first-order chi connectivity index (χ1) is 13.1. The van der Waals surface area contributed by atoms with Crippen LogP contribution in [0.3, 0.4) is 0 Å². The average molecular weight is 364 g/mol. The number of amides is 1. The molecule has 0 aliphatic rings. The molecule has 3 aromatic rings. The van der Waals surface area contributed by atoms with Gasteiger partial charge in [0.25, 0.3) is 0 Å². The largest absolute Gasteiger partial charge is 0.467 e. The quantitative estimate of drug-likeness (QED) is 0.632. The summed E-state index contributed by atoms with van der Waals surface area (Å²) in [5.41, 5.74) is 4.26. The highest BCUT2D eigenvalue weighted by Gasteiger charge is 2.23. The fourth-order valence-electron chi connectivity index (χ4n) is 3.14. The number of esters is 1. The fraction of sp³-hybridized carbons (Fsp3) is 0.273. The highest BCUT2D eigenvalue weighted by Crippen LogP contribution is 2.19. The molecule has 5 nitrogen and oxygen atoms in total. The highest BCUT2D eigenvalue weighted by atomic mass is 16.5. The molecule has 0 bridgehead atoms. The van der Waals surface area contributed by atoms with Crippen LogP contribution in [0.15, 0.2) is 54.7 Å². The van der Waals surface area contributed by atoms with Crippen molar-refractivity contribution < 1.29 is 14.3 Å². The van der Waals surface area contributed by atoms with E-state index in [4.69, 9.17) is 4.74 Å². The smallest absolute Gasteiger partial charge is 0.328 e. The normalized spacial score (nSPS) is 11.9. The number of para-hydroxylation sites is 1. The molecule has 27 heavy (non-hydrogen) atoms. The summed E-state index contributed by atoms with van der Waals surface area (Å²) < 4.78 is 4.89. The Labute approximate surface area is 158 Å². The molecule has 0 radical (unpaired) electrons. The van der Waals surface area contributed by atoms with E-state index in [-0.39, 0.29) is 5.91 Å². The zero-order valence-electron chi connectivity index (χ0n) is 15.6. The molecule has 0 saturated heterocycles. The Balaban J connectivity index is 1.65. The SMILES string of the molecule is COC(=O)[C@H](Cc1c[nH]c2ccccc12)NC(=O)CCc1ccc(C)cc1. The Kier molecular flexibility index (Phi) is 5.91. The Morgan fingerprint density at radius 1 is 1.11 bits per heavy atom. The Bertz CT molecular complexity index is 928. The molecule has 2 aromatic carbocycles. The summed E-state index contributed by atoms with van der Waals surface area (Å²) in [6.07, 6.45) is 3.21. The molecule has 0 aliphatic carbocycles. The van der Waals surface area contributed by atoms with Gasteiger partial charge in [-0.3, -0.25) is 4.79 Å². The lowest BCUT2D eigenvalue weighted by Gasteiger charge is -2.16. The average Bonchev–Trinajstić information content (AvgIpc) is 3.09. The molecule has 1 atom stereocenters. The summed E-state index contributed by atoms with van der Waals surface area (Å²) in [6, 6.07) is 15.3. The highest BCUT2D eigenvalue weighted by molar-refractivity contribution is 5.87. The Morgan fingerprint density at radius 3 is 2.59 bits per heavy atom. The van der Waals surface area contributed by atoms with Crippen molar-refractivity contribution in [3.8, 4) is 0 Å². The summed E-state index contributed by atoms with van der Waals surface area (Å²) in [5.74, 6) is -0.602. The predicted octanol–water partition coefficient (Wildman–Crippen LogP) is 3.31. The van der Waals surface area contributed by atoms with E-state index in [0.29, 0.717) is 19.3 Å². The van der Waals surface area contributed by atoms with Crippen molar-refractivity contribution in [3.05, 3.63) is 71.4 Å². The maximum atomic E-state index is 12.4. The van der Waals surface area contributed by atoms with Crippen LogP contribution < -0.4 is 5.32 Å². The molecule has 140 valence electrons. The molecule has 0 spiro atoms. The molecular weight excluding hydrogens is 340 g/mol. The lowest BCUT2D eigenvalue weighted by Crippen LogP contribution is -2.43. The molecule has 3 rings (SSSR count). The number of hydrogen-bond acceptors (Lipinski definition) is 3. The van der Waals surface area contributed by atoms with Crippen LogP contribution in [-0.2, 0) is 27.2 Å². The minimum atomic E-state index is -0.709. The van der Waals surface area contributed by atoms with Gasteiger partial charge in [0.05, 0.1) is 7.11 Å². The van der Waals surface area contributed by atoms with Gasteiger partial charge in [-0.2, -0.15) is 0 Å². The van der Waals surface area contributed by atoms with Crippen LogP contribution in [0.2, 0.25) is 0 Å². The van der Waals surface area contributed by atoms with Gasteiger partial charge in [0.2, 0.25) is 5.91 Å². The number of carbonyl (C=O) groups excluding carboxylic acids is 2. The number of ether oxygens (including phenoxy) is 1. The molecule has 2 N–H and O–H groups in total. The van der Waals surface area contributed by atoms with Crippen LogP contribution in [0.25, 0.3) is 10.9 Å². The standard InChI is InChI=1S/C22H24N2O3/c1-15-7-9-16(10-8-15)11-12-21(25)24-20(22(26)27-2)13-17-14-23-19-6-4-3-5-18(17)19/h3-10,14,20,23H,11-13H2,1-2H3,(H,24,25)/t20-/m0/s1. The molecule has 0 unspecified atom stereocenters. The third kappa shape index (κ3) is 4.76. The van der Waals surface area contributed by atoms with Crippen molar-refractivity contribution in [1.82, 2.24) is 10.3 Å². The van der Waals surface area contributed by atoms with Gasteiger partial charge in [-0.1, -0.05) is 48.0 Å². The van der Waals surface area contributed by atoms with Crippen LogP contribution in [0, 0.1) is 6.92 Å². The number of hydrogen-bond donors (Lipinski definition) is 2. The number of fused-ring (bicyclic) bond motifs is 1. The summed E-state index contributed by atoms with van der Waals surface area (Å²) in [4.78, 5) is 27.7. The fourth-order valence-corrected chi connectivity index (χ4v) is 3.14. The zero-order chi connectivity index (χ0) is 19.2. The Hall–Kier alpha value is -3.08. The molecule has 0 aliphatic heterocycles. The monoisotopic (exact) mass is 364 g/mol. The molecule has 0 fully saturated rings. The summed E-state index contributed by atoms with van der Waals surface area (Å²) in [5, 5.41) is 3.87. The van der Waals surface area contributed by atoms with E-state index >= 15 is 0 Å². The molecule has 0 saturated carbocycles. The van der Waals surface area contributed by atoms with Crippen molar-refractivity contribution in [2.24, 2.45) is 0 Å². The second-order valence-corrected chi connectivity index (χ2v) is 6.69. The molecule has 1 heterocycles. The van der Waals surface area contributed by atoms with E-state index < -0.39 is 12.0 Å². The third-order valence-corrected chi connectivity index (χ3v) is 4.68. The van der Waals surface area contributed by atoms with E-state index in [1.165, 1.54) is 12.7 Å². The number of methoxy groups -OCH3 is 1. The number of aromatic amines is 1. The first kappa shape index (κ1) is 18.7. The number of nitrogens with one attached hydrogen (secondary N) is 2. The maximum Gasteiger partial charge on any atom is 0.328 e. The third-order valence-electron chi connectivity index (χ3n) is 4.68. The van der Waals surface area contributed by atoms with Gasteiger partial charge in [0, 0.05) is 29.9 Å². The van der Waals surface area contributed by atoms with Crippen molar-refractivity contribution >= 4 is 22.8 Å². The van der Waals surface area contributed by atoms with Crippen molar-refractivity contribution in [3.63, 3.8) is 0 Å². The number of carbonyl (C=O) groups is 2. The second kappa shape index (κ2) is 8.54. The van der Waals surface area contributed by atoms with Crippen LogP contribution in [0.4, 0.5) is 0 Å².